The Labute approximate surface area is 314 Å². The number of nitrogens with zero attached hydrogens (tertiary/aromatic N) is 1. The van der Waals surface area contributed by atoms with Gasteiger partial charge in [0.2, 0.25) is 0 Å². The molecular formula is C42H79NO7P+. The summed E-state index contributed by atoms with van der Waals surface area (Å²) < 4.78 is 34.6. The highest BCUT2D eigenvalue weighted by Crippen LogP contribution is 2.43. The normalized spacial score (nSPS) is 14.3. The predicted molar refractivity (Wildman–Crippen MR) is 215 cm³/mol. The van der Waals surface area contributed by atoms with Crippen molar-refractivity contribution in [3.63, 3.8) is 0 Å². The summed E-state index contributed by atoms with van der Waals surface area (Å²) in [6.45, 7) is 4.82. The molecule has 0 fully saturated rings. The summed E-state index contributed by atoms with van der Waals surface area (Å²) in [5, 5.41) is 0. The maximum atomic E-state index is 12.4. The van der Waals surface area contributed by atoms with Crippen LogP contribution in [0, 0.1) is 0 Å². The molecule has 0 aliphatic carbocycles. The first-order chi connectivity index (χ1) is 24.6. The van der Waals surface area contributed by atoms with Gasteiger partial charge in [-0.2, -0.15) is 0 Å². The first-order valence-corrected chi connectivity index (χ1v) is 21.9. The number of quaternary nitrogens is 1. The lowest BCUT2D eigenvalue weighted by Crippen LogP contribution is -2.37. The first kappa shape index (κ1) is 49.3. The number of allylic oxidation sites excluding steroid dienone is 7. The van der Waals surface area contributed by atoms with Gasteiger partial charge in [-0.05, 0) is 63.9 Å². The Kier molecular flexibility index (Phi) is 34.2. The van der Waals surface area contributed by atoms with Crippen LogP contribution in [-0.4, -0.2) is 69.0 Å². The molecule has 0 aliphatic heterocycles. The van der Waals surface area contributed by atoms with E-state index in [9.17, 15) is 14.3 Å². The van der Waals surface area contributed by atoms with E-state index in [0.29, 0.717) is 17.4 Å². The Balaban J connectivity index is 4.40. The molecule has 2 atom stereocenters. The van der Waals surface area contributed by atoms with E-state index in [1.54, 1.807) is 6.26 Å². The third-order valence-electron chi connectivity index (χ3n) is 8.48. The Morgan fingerprint density at radius 3 is 1.67 bits per heavy atom. The molecule has 1 N–H and O–H groups in total. The van der Waals surface area contributed by atoms with E-state index < -0.39 is 13.9 Å². The molecule has 0 saturated carbocycles. The molecule has 9 heteroatoms. The van der Waals surface area contributed by atoms with E-state index in [-0.39, 0.29) is 25.8 Å². The number of carbonyl (C=O) groups is 1. The molecule has 51 heavy (non-hydrogen) atoms. The van der Waals surface area contributed by atoms with E-state index in [1.165, 1.54) is 96.3 Å². The van der Waals surface area contributed by atoms with Gasteiger partial charge in [0.05, 0.1) is 34.0 Å². The van der Waals surface area contributed by atoms with Crippen molar-refractivity contribution in [3.8, 4) is 0 Å². The highest BCUT2D eigenvalue weighted by atomic mass is 31.2. The van der Waals surface area contributed by atoms with Gasteiger partial charge in [0.15, 0.2) is 6.10 Å². The summed E-state index contributed by atoms with van der Waals surface area (Å²) >= 11 is 0. The lowest BCUT2D eigenvalue weighted by atomic mass is 10.0. The van der Waals surface area contributed by atoms with E-state index >= 15 is 0 Å². The molecule has 0 rings (SSSR count). The van der Waals surface area contributed by atoms with Crippen molar-refractivity contribution in [1.82, 2.24) is 0 Å². The molecule has 8 nitrogen and oxygen atoms in total. The zero-order chi connectivity index (χ0) is 37.7. The summed E-state index contributed by atoms with van der Waals surface area (Å²) in [5.41, 5.74) is 0. The number of hydrogen-bond acceptors (Lipinski definition) is 6. The van der Waals surface area contributed by atoms with Crippen LogP contribution >= 0.6 is 7.82 Å². The van der Waals surface area contributed by atoms with Gasteiger partial charge in [-0.25, -0.2) is 4.57 Å². The largest absolute Gasteiger partial charge is 0.492 e. The van der Waals surface area contributed by atoms with Crippen molar-refractivity contribution >= 4 is 13.8 Å². The van der Waals surface area contributed by atoms with Gasteiger partial charge in [-0.3, -0.25) is 13.8 Å². The van der Waals surface area contributed by atoms with Crippen LogP contribution in [0.3, 0.4) is 0 Å². The van der Waals surface area contributed by atoms with Crippen molar-refractivity contribution in [2.24, 2.45) is 0 Å². The standard InChI is InChI=1S/C42H78NO7P/c1-6-8-10-12-14-16-18-20-22-23-25-27-29-31-33-35-42(44)48-39-41(40-50-51(45,46)49-38-36-43(3,4)5)47-37-34-32-30-28-26-24-21-19-17-15-13-11-9-7-2/h14,16,20,22,25,27,34,37,41H,6-13,15,17-19,21,23-24,26,28-33,35-36,38-40H2,1-5H3/p+1/b16-14-,22-20-,27-25-,37-34-. The maximum absolute atomic E-state index is 12.4. The van der Waals surface area contributed by atoms with Crippen molar-refractivity contribution < 1.29 is 37.3 Å². The van der Waals surface area contributed by atoms with Crippen LogP contribution in [0.25, 0.3) is 0 Å². The van der Waals surface area contributed by atoms with Gasteiger partial charge < -0.3 is 18.9 Å². The number of carbonyl (C=O) groups excluding carboxylic acids is 1. The molecule has 0 amide bonds. The molecule has 0 saturated heterocycles. The van der Waals surface area contributed by atoms with Gasteiger partial charge in [-0.15, -0.1) is 0 Å². The molecule has 298 valence electrons. The average molecular weight is 741 g/mol. The fourth-order valence-corrected chi connectivity index (χ4v) is 5.93. The molecule has 0 heterocycles. The van der Waals surface area contributed by atoms with Crippen LogP contribution in [0.5, 0.6) is 0 Å². The number of esters is 1. The minimum atomic E-state index is -4.27. The van der Waals surface area contributed by atoms with Crippen molar-refractivity contribution in [3.05, 3.63) is 48.8 Å². The monoisotopic (exact) mass is 741 g/mol. The van der Waals surface area contributed by atoms with Crippen LogP contribution < -0.4 is 0 Å². The zero-order valence-electron chi connectivity index (χ0n) is 33.6. The Bertz CT molecular complexity index is 957. The molecule has 0 bridgehead atoms. The first-order valence-electron chi connectivity index (χ1n) is 20.4. The van der Waals surface area contributed by atoms with Crippen LogP contribution in [0.15, 0.2) is 48.8 Å². The summed E-state index contributed by atoms with van der Waals surface area (Å²) in [5.74, 6) is -0.315. The Morgan fingerprint density at radius 2 is 1.10 bits per heavy atom. The summed E-state index contributed by atoms with van der Waals surface area (Å²) in [6.07, 6.45) is 42.4. The van der Waals surface area contributed by atoms with Gasteiger partial charge in [0.25, 0.3) is 0 Å². The molecule has 0 radical (unpaired) electrons. The minimum absolute atomic E-state index is 0.0686. The molecule has 0 aliphatic rings. The summed E-state index contributed by atoms with van der Waals surface area (Å²) in [6, 6.07) is 0. The Hall–Kier alpha value is -1.70. The molecule has 0 aromatic heterocycles. The highest BCUT2D eigenvalue weighted by molar-refractivity contribution is 7.47. The van der Waals surface area contributed by atoms with Gasteiger partial charge in [0, 0.05) is 6.42 Å². The van der Waals surface area contributed by atoms with E-state index in [1.807, 2.05) is 27.2 Å². The number of rotatable bonds is 37. The molecule has 0 aromatic rings. The fraction of sp³-hybridized carbons (Fsp3) is 0.786. The van der Waals surface area contributed by atoms with Crippen LogP contribution in [0.4, 0.5) is 0 Å². The number of ether oxygens (including phenoxy) is 2. The van der Waals surface area contributed by atoms with Crippen LogP contribution in [-0.2, 0) is 27.9 Å². The average Bonchev–Trinajstić information content (AvgIpc) is 3.08. The zero-order valence-corrected chi connectivity index (χ0v) is 34.5. The minimum Gasteiger partial charge on any atom is -0.492 e. The number of hydrogen-bond donors (Lipinski definition) is 1. The van der Waals surface area contributed by atoms with E-state index in [2.05, 4.69) is 50.3 Å². The van der Waals surface area contributed by atoms with Crippen LogP contribution in [0.2, 0.25) is 0 Å². The lowest BCUT2D eigenvalue weighted by Gasteiger charge is -2.24. The predicted octanol–water partition coefficient (Wildman–Crippen LogP) is 11.9. The molecule has 0 aromatic carbocycles. The van der Waals surface area contributed by atoms with Crippen molar-refractivity contribution in [2.45, 2.75) is 168 Å². The second kappa shape index (κ2) is 35.3. The summed E-state index contributed by atoms with van der Waals surface area (Å²) in [4.78, 5) is 22.6. The fourth-order valence-electron chi connectivity index (χ4n) is 5.19. The van der Waals surface area contributed by atoms with Crippen molar-refractivity contribution in [1.29, 1.82) is 0 Å². The second-order valence-corrected chi connectivity index (χ2v) is 16.2. The van der Waals surface area contributed by atoms with E-state index in [0.717, 1.165) is 44.9 Å². The highest BCUT2D eigenvalue weighted by Gasteiger charge is 2.25. The SMILES string of the molecule is CCCCC/C=C\C/C=C\C/C=C\CCCCC(=O)OCC(COP(=O)(O)OCC[N+](C)(C)C)O/C=C\CCCCCCCCCCCCCC. The topological polar surface area (TPSA) is 91.3 Å². The van der Waals surface area contributed by atoms with E-state index in [4.69, 9.17) is 18.5 Å². The second-order valence-electron chi connectivity index (χ2n) is 14.7. The molecule has 2 unspecified atom stereocenters. The van der Waals surface area contributed by atoms with Crippen LogP contribution in [0.1, 0.15) is 162 Å². The number of phosphoric acid groups is 1. The number of unbranched alkanes of at least 4 members (excludes halogenated alkanes) is 17. The number of phosphoric ester groups is 1. The molecule has 0 spiro atoms. The van der Waals surface area contributed by atoms with Gasteiger partial charge in [-0.1, -0.05) is 134 Å². The van der Waals surface area contributed by atoms with Gasteiger partial charge in [0.1, 0.15) is 19.8 Å². The third-order valence-corrected chi connectivity index (χ3v) is 9.47. The molecular weight excluding hydrogens is 661 g/mol. The van der Waals surface area contributed by atoms with Gasteiger partial charge >= 0.3 is 13.8 Å². The maximum Gasteiger partial charge on any atom is 0.472 e. The number of likely N-dealkylation sites (N-methyl/N-ethyl adjacent to an activating group) is 1. The lowest BCUT2D eigenvalue weighted by molar-refractivity contribution is -0.870. The third kappa shape index (κ3) is 39.3. The Morgan fingerprint density at radius 1 is 0.627 bits per heavy atom. The summed E-state index contributed by atoms with van der Waals surface area (Å²) in [7, 11) is 1.65. The smallest absolute Gasteiger partial charge is 0.472 e. The quantitative estimate of drug-likeness (QED) is 0.0169. The van der Waals surface area contributed by atoms with Crippen molar-refractivity contribution in [2.75, 3.05) is 47.5 Å².